The first-order valence-electron chi connectivity index (χ1n) is 6.88. The number of nitrogen functional groups attached to an aromatic ring is 1. The number of amides is 1. The SMILES string of the molecule is Nc1c(C(=O)NCCOCC2CC2)sc2ccccc12. The number of carbonyl (C=O) groups is 1. The Balaban J connectivity index is 1.56. The van der Waals surface area contributed by atoms with Crippen LogP contribution in [0.4, 0.5) is 5.69 Å². The molecule has 1 aliphatic carbocycles. The molecule has 1 aliphatic rings. The van der Waals surface area contributed by atoms with Gasteiger partial charge in [-0.15, -0.1) is 11.3 Å². The summed E-state index contributed by atoms with van der Waals surface area (Å²) in [6, 6.07) is 7.80. The van der Waals surface area contributed by atoms with Gasteiger partial charge in [-0.25, -0.2) is 0 Å². The number of nitrogens with one attached hydrogen (secondary N) is 1. The van der Waals surface area contributed by atoms with E-state index in [1.54, 1.807) is 0 Å². The first kappa shape index (κ1) is 13.4. The number of hydrogen-bond donors (Lipinski definition) is 2. The molecular weight excluding hydrogens is 272 g/mol. The van der Waals surface area contributed by atoms with E-state index in [9.17, 15) is 4.79 Å². The summed E-state index contributed by atoms with van der Waals surface area (Å²) in [5.41, 5.74) is 6.61. The molecule has 1 fully saturated rings. The van der Waals surface area contributed by atoms with Crippen LogP contribution in [0.5, 0.6) is 0 Å². The quantitative estimate of drug-likeness (QED) is 0.804. The van der Waals surface area contributed by atoms with Crippen molar-refractivity contribution >= 4 is 33.0 Å². The van der Waals surface area contributed by atoms with Crippen molar-refractivity contribution < 1.29 is 9.53 Å². The molecule has 1 saturated carbocycles. The van der Waals surface area contributed by atoms with Crippen molar-refractivity contribution in [2.45, 2.75) is 12.8 Å². The van der Waals surface area contributed by atoms with Gasteiger partial charge in [-0.2, -0.15) is 0 Å². The van der Waals surface area contributed by atoms with E-state index in [0.717, 1.165) is 22.6 Å². The average Bonchev–Trinajstić information content (AvgIpc) is 3.22. The molecule has 20 heavy (non-hydrogen) atoms. The second-order valence-corrected chi connectivity index (χ2v) is 6.17. The zero-order chi connectivity index (χ0) is 13.9. The maximum Gasteiger partial charge on any atom is 0.263 e. The van der Waals surface area contributed by atoms with Crippen LogP contribution in [0.25, 0.3) is 10.1 Å². The molecule has 0 saturated heterocycles. The molecule has 0 atom stereocenters. The highest BCUT2D eigenvalue weighted by molar-refractivity contribution is 7.21. The lowest BCUT2D eigenvalue weighted by molar-refractivity contribution is 0.0911. The zero-order valence-electron chi connectivity index (χ0n) is 11.2. The number of fused-ring (bicyclic) bond motifs is 1. The lowest BCUT2D eigenvalue weighted by Gasteiger charge is -2.05. The van der Waals surface area contributed by atoms with Gasteiger partial charge in [-0.05, 0) is 24.8 Å². The Labute approximate surface area is 121 Å². The molecule has 0 radical (unpaired) electrons. The van der Waals surface area contributed by atoms with Gasteiger partial charge in [0.05, 0.1) is 12.3 Å². The molecule has 1 amide bonds. The monoisotopic (exact) mass is 290 g/mol. The normalized spacial score (nSPS) is 14.6. The van der Waals surface area contributed by atoms with Crippen LogP contribution < -0.4 is 11.1 Å². The van der Waals surface area contributed by atoms with Crippen LogP contribution in [0.3, 0.4) is 0 Å². The summed E-state index contributed by atoms with van der Waals surface area (Å²) in [7, 11) is 0. The molecule has 2 aromatic rings. The van der Waals surface area contributed by atoms with E-state index in [-0.39, 0.29) is 5.91 Å². The largest absolute Gasteiger partial charge is 0.397 e. The molecule has 0 bridgehead atoms. The van der Waals surface area contributed by atoms with Gasteiger partial charge in [0, 0.05) is 23.2 Å². The first-order chi connectivity index (χ1) is 9.75. The Hall–Kier alpha value is -1.59. The van der Waals surface area contributed by atoms with Crippen molar-refractivity contribution in [2.75, 3.05) is 25.5 Å². The van der Waals surface area contributed by atoms with Gasteiger partial charge in [0.15, 0.2) is 0 Å². The molecule has 0 unspecified atom stereocenters. The van der Waals surface area contributed by atoms with E-state index < -0.39 is 0 Å². The number of benzene rings is 1. The lowest BCUT2D eigenvalue weighted by Crippen LogP contribution is -2.27. The Morgan fingerprint density at radius 2 is 2.20 bits per heavy atom. The molecule has 0 aliphatic heterocycles. The summed E-state index contributed by atoms with van der Waals surface area (Å²) in [6.07, 6.45) is 2.56. The number of carbonyl (C=O) groups excluding carboxylic acids is 1. The highest BCUT2D eigenvalue weighted by Crippen LogP contribution is 2.33. The minimum Gasteiger partial charge on any atom is -0.397 e. The molecule has 0 spiro atoms. The van der Waals surface area contributed by atoms with Crippen LogP contribution in [-0.4, -0.2) is 25.7 Å². The minimum absolute atomic E-state index is 0.112. The van der Waals surface area contributed by atoms with E-state index in [2.05, 4.69) is 5.32 Å². The van der Waals surface area contributed by atoms with Gasteiger partial charge in [0.25, 0.3) is 5.91 Å². The van der Waals surface area contributed by atoms with Gasteiger partial charge in [-0.1, -0.05) is 18.2 Å². The number of rotatable bonds is 6. The number of anilines is 1. The molecule has 1 heterocycles. The number of nitrogens with two attached hydrogens (primary N) is 1. The maximum absolute atomic E-state index is 12.1. The number of hydrogen-bond acceptors (Lipinski definition) is 4. The summed E-state index contributed by atoms with van der Waals surface area (Å²) in [4.78, 5) is 12.7. The lowest BCUT2D eigenvalue weighted by atomic mass is 10.2. The topological polar surface area (TPSA) is 64.4 Å². The summed E-state index contributed by atoms with van der Waals surface area (Å²) in [5, 5.41) is 3.81. The van der Waals surface area contributed by atoms with Gasteiger partial charge in [0.1, 0.15) is 4.88 Å². The van der Waals surface area contributed by atoms with Gasteiger partial charge in [0.2, 0.25) is 0 Å². The molecule has 3 rings (SSSR count). The third-order valence-corrected chi connectivity index (χ3v) is 4.61. The van der Waals surface area contributed by atoms with Crippen LogP contribution in [0.2, 0.25) is 0 Å². The Morgan fingerprint density at radius 3 is 2.95 bits per heavy atom. The number of ether oxygens (including phenoxy) is 1. The van der Waals surface area contributed by atoms with Crippen LogP contribution in [0, 0.1) is 5.92 Å². The summed E-state index contributed by atoms with van der Waals surface area (Å²) < 4.78 is 6.53. The van der Waals surface area contributed by atoms with Crippen molar-refractivity contribution in [1.82, 2.24) is 5.32 Å². The number of thiophene rings is 1. The van der Waals surface area contributed by atoms with E-state index in [1.165, 1.54) is 24.2 Å². The molecule has 1 aromatic heterocycles. The van der Waals surface area contributed by atoms with Crippen LogP contribution in [-0.2, 0) is 4.74 Å². The average molecular weight is 290 g/mol. The molecule has 4 nitrogen and oxygen atoms in total. The first-order valence-corrected chi connectivity index (χ1v) is 7.70. The Bertz CT molecular complexity index is 619. The van der Waals surface area contributed by atoms with E-state index in [0.29, 0.717) is 23.7 Å². The van der Waals surface area contributed by atoms with Crippen LogP contribution >= 0.6 is 11.3 Å². The van der Waals surface area contributed by atoms with Crippen molar-refractivity contribution in [3.63, 3.8) is 0 Å². The highest BCUT2D eigenvalue weighted by atomic mass is 32.1. The molecular formula is C15H18N2O2S. The maximum atomic E-state index is 12.1. The Morgan fingerprint density at radius 1 is 1.40 bits per heavy atom. The van der Waals surface area contributed by atoms with Gasteiger partial charge < -0.3 is 15.8 Å². The van der Waals surface area contributed by atoms with Crippen LogP contribution in [0.1, 0.15) is 22.5 Å². The standard InChI is InChI=1S/C15H18N2O2S/c16-13-11-3-1-2-4-12(11)20-14(13)15(18)17-7-8-19-9-10-5-6-10/h1-4,10H,5-9,16H2,(H,17,18). The smallest absolute Gasteiger partial charge is 0.263 e. The highest BCUT2D eigenvalue weighted by Gasteiger charge is 2.21. The fourth-order valence-corrected chi connectivity index (χ4v) is 3.12. The van der Waals surface area contributed by atoms with Crippen molar-refractivity contribution in [2.24, 2.45) is 5.92 Å². The van der Waals surface area contributed by atoms with E-state index >= 15 is 0 Å². The molecule has 1 aromatic carbocycles. The minimum atomic E-state index is -0.112. The van der Waals surface area contributed by atoms with Crippen LogP contribution in [0.15, 0.2) is 24.3 Å². The van der Waals surface area contributed by atoms with Crippen molar-refractivity contribution in [3.8, 4) is 0 Å². The molecule has 3 N–H and O–H groups in total. The Kier molecular flexibility index (Phi) is 3.89. The molecule has 106 valence electrons. The van der Waals surface area contributed by atoms with E-state index in [1.807, 2.05) is 24.3 Å². The molecule has 5 heteroatoms. The predicted octanol–water partition coefficient (Wildman–Crippen LogP) is 2.64. The summed E-state index contributed by atoms with van der Waals surface area (Å²) >= 11 is 1.43. The van der Waals surface area contributed by atoms with Crippen molar-refractivity contribution in [1.29, 1.82) is 0 Å². The summed E-state index contributed by atoms with van der Waals surface area (Å²) in [5.74, 6) is 0.641. The van der Waals surface area contributed by atoms with E-state index in [4.69, 9.17) is 10.5 Å². The van der Waals surface area contributed by atoms with Crippen molar-refractivity contribution in [3.05, 3.63) is 29.1 Å². The second kappa shape index (κ2) is 5.81. The predicted molar refractivity (Wildman–Crippen MR) is 82.1 cm³/mol. The zero-order valence-corrected chi connectivity index (χ0v) is 12.0. The third-order valence-electron chi connectivity index (χ3n) is 3.42. The van der Waals surface area contributed by atoms with Gasteiger partial charge >= 0.3 is 0 Å². The third kappa shape index (κ3) is 2.94. The fraction of sp³-hybridized carbons (Fsp3) is 0.400. The van der Waals surface area contributed by atoms with Gasteiger partial charge in [-0.3, -0.25) is 4.79 Å². The summed E-state index contributed by atoms with van der Waals surface area (Å²) in [6.45, 7) is 1.91. The second-order valence-electron chi connectivity index (χ2n) is 5.12. The fourth-order valence-electron chi connectivity index (χ4n) is 2.09.